The lowest BCUT2D eigenvalue weighted by Crippen LogP contribution is -2.44. The number of rotatable bonds is 9. The summed E-state index contributed by atoms with van der Waals surface area (Å²) in [6.45, 7) is 2.54. The summed E-state index contributed by atoms with van der Waals surface area (Å²) in [5.41, 5.74) is 0. The van der Waals surface area contributed by atoms with E-state index in [1.54, 1.807) is 0 Å². The summed E-state index contributed by atoms with van der Waals surface area (Å²) in [7, 11) is -7.02. The summed E-state index contributed by atoms with van der Waals surface area (Å²) in [6.07, 6.45) is -0.0923. The van der Waals surface area contributed by atoms with Crippen molar-refractivity contribution in [3.05, 3.63) is 0 Å². The van der Waals surface area contributed by atoms with Gasteiger partial charge in [-0.25, -0.2) is 21.6 Å². The average molecular weight is 329 g/mol. The van der Waals surface area contributed by atoms with Crippen molar-refractivity contribution in [2.24, 2.45) is 0 Å². The molecular formula is C10H19NO7S2. The average Bonchev–Trinajstić information content (AvgIpc) is 2.26. The van der Waals surface area contributed by atoms with E-state index in [1.165, 1.54) is 6.92 Å². The first-order chi connectivity index (χ1) is 8.99. The molecule has 1 atom stereocenters. The largest absolute Gasteiger partial charge is 0.480 e. The van der Waals surface area contributed by atoms with Crippen LogP contribution in [0.4, 0.5) is 0 Å². The molecule has 0 heterocycles. The van der Waals surface area contributed by atoms with E-state index in [2.05, 4.69) is 0 Å². The van der Waals surface area contributed by atoms with Gasteiger partial charge in [-0.05, 0) is 6.42 Å². The molecule has 0 aromatic heterocycles. The normalized spacial score (nSPS) is 13.7. The Labute approximate surface area is 118 Å². The highest BCUT2D eigenvalue weighted by Gasteiger charge is 2.26. The molecule has 0 saturated heterocycles. The minimum atomic E-state index is -3.76. The lowest BCUT2D eigenvalue weighted by molar-refractivity contribution is -0.140. The smallest absolute Gasteiger partial charge is 0.327 e. The second-order valence-electron chi connectivity index (χ2n) is 4.30. The summed E-state index contributed by atoms with van der Waals surface area (Å²) >= 11 is 0. The van der Waals surface area contributed by atoms with E-state index in [4.69, 9.17) is 5.11 Å². The number of sulfone groups is 2. The molecule has 0 aliphatic carbocycles. The van der Waals surface area contributed by atoms with Crippen LogP contribution in [0.15, 0.2) is 0 Å². The van der Waals surface area contributed by atoms with Crippen LogP contribution in [0.25, 0.3) is 0 Å². The van der Waals surface area contributed by atoms with Crippen molar-refractivity contribution in [1.82, 2.24) is 5.32 Å². The molecule has 20 heavy (non-hydrogen) atoms. The summed E-state index contributed by atoms with van der Waals surface area (Å²) in [4.78, 5) is 21.6. The topological polar surface area (TPSA) is 135 Å². The van der Waals surface area contributed by atoms with Gasteiger partial charge < -0.3 is 10.4 Å². The van der Waals surface area contributed by atoms with Gasteiger partial charge in [-0.1, -0.05) is 6.92 Å². The highest BCUT2D eigenvalue weighted by molar-refractivity contribution is 7.92. The Hall–Kier alpha value is -1.16. The van der Waals surface area contributed by atoms with E-state index >= 15 is 0 Å². The van der Waals surface area contributed by atoms with Crippen molar-refractivity contribution < 1.29 is 31.5 Å². The number of carboxylic acids is 1. The quantitative estimate of drug-likeness (QED) is 0.543. The number of amides is 1. The van der Waals surface area contributed by atoms with Crippen LogP contribution in [-0.2, 0) is 29.3 Å². The maximum absolute atomic E-state index is 11.7. The van der Waals surface area contributed by atoms with E-state index in [1.807, 2.05) is 5.32 Å². The van der Waals surface area contributed by atoms with Crippen LogP contribution in [0.5, 0.6) is 0 Å². The molecule has 0 aliphatic heterocycles. The van der Waals surface area contributed by atoms with Crippen LogP contribution in [0.2, 0.25) is 0 Å². The van der Waals surface area contributed by atoms with Gasteiger partial charge in [0.25, 0.3) is 0 Å². The maximum Gasteiger partial charge on any atom is 0.327 e. The molecule has 0 spiro atoms. The SMILES string of the molecule is CCS(=O)(=O)CCCS(=O)(=O)CC(NC(C)=O)C(=O)O. The van der Waals surface area contributed by atoms with Gasteiger partial charge in [-0.2, -0.15) is 0 Å². The zero-order valence-corrected chi connectivity index (χ0v) is 13.0. The molecule has 0 aromatic carbocycles. The molecule has 0 aliphatic rings. The summed E-state index contributed by atoms with van der Waals surface area (Å²) in [5, 5.41) is 10.8. The van der Waals surface area contributed by atoms with Crippen LogP contribution in [0.1, 0.15) is 20.3 Å². The maximum atomic E-state index is 11.7. The molecule has 0 fully saturated rings. The van der Waals surface area contributed by atoms with Crippen LogP contribution < -0.4 is 5.32 Å². The first kappa shape index (κ1) is 18.8. The Bertz CT molecular complexity index is 550. The Balaban J connectivity index is 4.57. The summed E-state index contributed by atoms with van der Waals surface area (Å²) in [6, 6.07) is -1.53. The van der Waals surface area contributed by atoms with E-state index in [9.17, 15) is 26.4 Å². The van der Waals surface area contributed by atoms with Crippen molar-refractivity contribution in [3.63, 3.8) is 0 Å². The van der Waals surface area contributed by atoms with Gasteiger partial charge in [0.1, 0.15) is 15.9 Å². The second-order valence-corrected chi connectivity index (χ2v) is 9.00. The number of carbonyl (C=O) groups excluding carboxylic acids is 1. The van der Waals surface area contributed by atoms with Gasteiger partial charge in [0.15, 0.2) is 9.84 Å². The van der Waals surface area contributed by atoms with Gasteiger partial charge in [0, 0.05) is 12.7 Å². The molecule has 0 radical (unpaired) electrons. The van der Waals surface area contributed by atoms with Crippen molar-refractivity contribution in [2.75, 3.05) is 23.0 Å². The van der Waals surface area contributed by atoms with Gasteiger partial charge in [-0.15, -0.1) is 0 Å². The Kier molecular flexibility index (Phi) is 7.14. The van der Waals surface area contributed by atoms with Crippen molar-refractivity contribution in [3.8, 4) is 0 Å². The molecule has 0 saturated carbocycles. The minimum Gasteiger partial charge on any atom is -0.480 e. The fraction of sp³-hybridized carbons (Fsp3) is 0.800. The molecule has 8 nitrogen and oxygen atoms in total. The number of hydrogen-bond acceptors (Lipinski definition) is 6. The zero-order valence-electron chi connectivity index (χ0n) is 11.3. The third kappa shape index (κ3) is 8.10. The van der Waals surface area contributed by atoms with Gasteiger partial charge >= 0.3 is 5.97 Å². The molecule has 1 amide bonds. The highest BCUT2D eigenvalue weighted by atomic mass is 32.2. The third-order valence-corrected chi connectivity index (χ3v) is 5.99. The van der Waals surface area contributed by atoms with E-state index in [0.29, 0.717) is 0 Å². The third-order valence-electron chi connectivity index (χ3n) is 2.45. The van der Waals surface area contributed by atoms with Crippen LogP contribution >= 0.6 is 0 Å². The standard InChI is InChI=1S/C10H19NO7S2/c1-3-19(15,16)5-4-6-20(17,18)7-9(10(13)14)11-8(2)12/h9H,3-7H2,1-2H3,(H,11,12)(H,13,14). The Morgan fingerprint density at radius 2 is 1.60 bits per heavy atom. The predicted octanol–water partition coefficient (Wildman–Crippen LogP) is -1.18. The van der Waals surface area contributed by atoms with E-state index < -0.39 is 49.1 Å². The molecule has 118 valence electrons. The molecular weight excluding hydrogens is 310 g/mol. The molecule has 10 heteroatoms. The minimum absolute atomic E-state index is 0.0727. The van der Waals surface area contributed by atoms with Crippen LogP contribution in [-0.4, -0.2) is 62.9 Å². The lowest BCUT2D eigenvalue weighted by atomic mass is 10.3. The Morgan fingerprint density at radius 3 is 2.00 bits per heavy atom. The zero-order chi connectivity index (χ0) is 16.0. The predicted molar refractivity (Wildman–Crippen MR) is 72.8 cm³/mol. The number of aliphatic carboxylic acids is 1. The number of carboxylic acid groups (broad SMARTS) is 1. The fourth-order valence-corrected chi connectivity index (χ4v) is 3.94. The fourth-order valence-electron chi connectivity index (χ4n) is 1.40. The van der Waals surface area contributed by atoms with Crippen molar-refractivity contribution in [1.29, 1.82) is 0 Å². The van der Waals surface area contributed by atoms with Gasteiger partial charge in [-0.3, -0.25) is 4.79 Å². The van der Waals surface area contributed by atoms with Crippen molar-refractivity contribution >= 4 is 31.6 Å². The van der Waals surface area contributed by atoms with E-state index in [0.717, 1.165) is 6.92 Å². The monoisotopic (exact) mass is 329 g/mol. The Morgan fingerprint density at radius 1 is 1.10 bits per heavy atom. The molecule has 0 bridgehead atoms. The van der Waals surface area contributed by atoms with E-state index in [-0.39, 0.29) is 17.9 Å². The summed E-state index contributed by atoms with van der Waals surface area (Å²) in [5.74, 6) is -3.63. The van der Waals surface area contributed by atoms with Crippen molar-refractivity contribution in [2.45, 2.75) is 26.3 Å². The second kappa shape index (κ2) is 7.58. The first-order valence-corrected chi connectivity index (χ1v) is 9.54. The number of carbonyl (C=O) groups is 2. The number of hydrogen-bond donors (Lipinski definition) is 2. The molecule has 1 unspecified atom stereocenters. The lowest BCUT2D eigenvalue weighted by Gasteiger charge is -2.13. The highest BCUT2D eigenvalue weighted by Crippen LogP contribution is 2.02. The van der Waals surface area contributed by atoms with Crippen LogP contribution in [0.3, 0.4) is 0 Å². The molecule has 0 aromatic rings. The first-order valence-electron chi connectivity index (χ1n) is 5.90. The van der Waals surface area contributed by atoms with Gasteiger partial charge in [0.05, 0.1) is 17.3 Å². The van der Waals surface area contributed by atoms with Crippen LogP contribution in [0, 0.1) is 0 Å². The summed E-state index contributed by atoms with van der Waals surface area (Å²) < 4.78 is 45.8. The van der Waals surface area contributed by atoms with Gasteiger partial charge in [0.2, 0.25) is 5.91 Å². The molecule has 0 rings (SSSR count). The molecule has 2 N–H and O–H groups in total. The number of nitrogens with one attached hydrogen (secondary N) is 1.